The first-order valence-electron chi connectivity index (χ1n) is 11.2. The van der Waals surface area contributed by atoms with Crippen LogP contribution in [-0.2, 0) is 25.2 Å². The first-order chi connectivity index (χ1) is 16.4. The number of carbonyl (C=O) groups is 3. The largest absolute Gasteiger partial charge is 0.338 e. The molecule has 2 aliphatic rings. The van der Waals surface area contributed by atoms with Gasteiger partial charge in [0, 0.05) is 31.2 Å². The van der Waals surface area contributed by atoms with E-state index in [1.807, 2.05) is 13.0 Å². The van der Waals surface area contributed by atoms with Crippen molar-refractivity contribution in [3.63, 3.8) is 0 Å². The van der Waals surface area contributed by atoms with Gasteiger partial charge in [0.1, 0.15) is 12.1 Å². The number of carbonyl (C=O) groups excluding carboxylic acids is 3. The van der Waals surface area contributed by atoms with E-state index in [2.05, 4.69) is 5.32 Å². The van der Waals surface area contributed by atoms with Crippen molar-refractivity contribution in [2.75, 3.05) is 32.7 Å². The molecule has 0 spiro atoms. The molecule has 2 heterocycles. The van der Waals surface area contributed by atoms with Crippen molar-refractivity contribution < 1.29 is 22.8 Å². The molecule has 0 aliphatic carbocycles. The summed E-state index contributed by atoms with van der Waals surface area (Å²) in [6, 6.07) is 11.1. The van der Waals surface area contributed by atoms with Crippen LogP contribution in [0.1, 0.15) is 23.6 Å². The maximum Gasteiger partial charge on any atom is 0.325 e. The van der Waals surface area contributed by atoms with Crippen LogP contribution in [0, 0.1) is 13.8 Å². The number of aryl methyl sites for hydroxylation is 2. The summed E-state index contributed by atoms with van der Waals surface area (Å²) in [6.07, 6.45) is 0. The normalized spacial score (nSPS) is 21.4. The second kappa shape index (κ2) is 9.25. The Labute approximate surface area is 209 Å². The van der Waals surface area contributed by atoms with Crippen molar-refractivity contribution in [3.8, 4) is 0 Å². The Balaban J connectivity index is 1.40. The van der Waals surface area contributed by atoms with Crippen molar-refractivity contribution in [1.29, 1.82) is 0 Å². The number of hydrogen-bond donors (Lipinski definition) is 1. The molecule has 4 amide bonds. The molecule has 0 saturated carbocycles. The fourth-order valence-corrected chi connectivity index (χ4v) is 6.21. The van der Waals surface area contributed by atoms with E-state index >= 15 is 0 Å². The van der Waals surface area contributed by atoms with E-state index in [0.29, 0.717) is 16.1 Å². The molecule has 1 atom stereocenters. The second-order valence-electron chi connectivity index (χ2n) is 9.01. The first-order valence-corrected chi connectivity index (χ1v) is 13.0. The lowest BCUT2D eigenvalue weighted by atomic mass is 9.92. The molecule has 9 nitrogen and oxygen atoms in total. The van der Waals surface area contributed by atoms with Gasteiger partial charge in [-0.15, -0.1) is 0 Å². The smallest absolute Gasteiger partial charge is 0.325 e. The summed E-state index contributed by atoms with van der Waals surface area (Å²) in [7, 11) is -3.69. The van der Waals surface area contributed by atoms with Gasteiger partial charge in [0.05, 0.1) is 4.90 Å². The maximum absolute atomic E-state index is 13.1. The molecule has 2 aromatic carbocycles. The average Bonchev–Trinajstić information content (AvgIpc) is 3.03. The van der Waals surface area contributed by atoms with Crippen molar-refractivity contribution in [3.05, 3.63) is 64.2 Å². The molecule has 1 N–H and O–H groups in total. The molecule has 0 unspecified atom stereocenters. The standard InChI is InChI=1S/C24H27ClN4O5S/c1-16-4-9-20(17(2)14-16)35(33,34)28-12-10-27(11-13-28)21(30)15-29-22(31)24(3,26-23(29)32)18-5-7-19(25)8-6-18/h4-9,14H,10-13,15H2,1-3H3,(H,26,32)/t24-/m0/s1. The van der Waals surface area contributed by atoms with Gasteiger partial charge in [-0.1, -0.05) is 41.4 Å². The minimum absolute atomic E-state index is 0.129. The summed E-state index contributed by atoms with van der Waals surface area (Å²) in [4.78, 5) is 41.2. The van der Waals surface area contributed by atoms with E-state index in [0.717, 1.165) is 10.5 Å². The number of halogens is 1. The Kier molecular flexibility index (Phi) is 6.65. The van der Waals surface area contributed by atoms with Crippen molar-refractivity contribution in [2.45, 2.75) is 31.2 Å². The molecule has 2 saturated heterocycles. The first kappa shape index (κ1) is 25.2. The lowest BCUT2D eigenvalue weighted by Gasteiger charge is -2.34. The lowest BCUT2D eigenvalue weighted by Crippen LogP contribution is -2.53. The third-order valence-corrected chi connectivity index (χ3v) is 8.84. The van der Waals surface area contributed by atoms with Gasteiger partial charge >= 0.3 is 6.03 Å². The fraction of sp³-hybridized carbons (Fsp3) is 0.375. The Morgan fingerprint density at radius 3 is 2.26 bits per heavy atom. The number of amides is 4. The number of nitrogens with one attached hydrogen (secondary N) is 1. The minimum Gasteiger partial charge on any atom is -0.338 e. The van der Waals surface area contributed by atoms with Crippen LogP contribution in [0.25, 0.3) is 0 Å². The van der Waals surface area contributed by atoms with E-state index < -0.39 is 40.0 Å². The molecular weight excluding hydrogens is 492 g/mol. The van der Waals surface area contributed by atoms with Gasteiger partial charge in [-0.05, 0) is 50.1 Å². The Hall–Kier alpha value is -2.95. The third kappa shape index (κ3) is 4.65. The van der Waals surface area contributed by atoms with Crippen LogP contribution in [-0.4, -0.2) is 73.1 Å². The predicted octanol–water partition coefficient (Wildman–Crippen LogP) is 2.26. The molecule has 0 bridgehead atoms. The van der Waals surface area contributed by atoms with Gasteiger partial charge in [-0.25, -0.2) is 13.2 Å². The average molecular weight is 519 g/mol. The summed E-state index contributed by atoms with van der Waals surface area (Å²) in [5, 5.41) is 3.16. The molecule has 186 valence electrons. The van der Waals surface area contributed by atoms with Crippen LogP contribution < -0.4 is 5.32 Å². The number of rotatable bonds is 5. The lowest BCUT2D eigenvalue weighted by molar-refractivity contribution is -0.139. The number of hydrogen-bond acceptors (Lipinski definition) is 5. The second-order valence-corrected chi connectivity index (χ2v) is 11.3. The summed E-state index contributed by atoms with van der Waals surface area (Å²) in [6.45, 7) is 5.41. The molecular formula is C24H27ClN4O5S. The molecule has 0 radical (unpaired) electrons. The van der Waals surface area contributed by atoms with E-state index in [9.17, 15) is 22.8 Å². The van der Waals surface area contributed by atoms with Crippen LogP contribution in [0.5, 0.6) is 0 Å². The summed E-state index contributed by atoms with van der Waals surface area (Å²) in [5.74, 6) is -0.952. The van der Waals surface area contributed by atoms with Gasteiger partial charge in [-0.2, -0.15) is 4.31 Å². The highest BCUT2D eigenvalue weighted by Gasteiger charge is 2.49. The molecule has 11 heteroatoms. The number of urea groups is 1. The quantitative estimate of drug-likeness (QED) is 0.611. The highest BCUT2D eigenvalue weighted by atomic mass is 35.5. The SMILES string of the molecule is Cc1ccc(S(=O)(=O)N2CCN(C(=O)CN3C(=O)N[C@@](C)(c4ccc(Cl)cc4)C3=O)CC2)c(C)c1. The van der Waals surface area contributed by atoms with Gasteiger partial charge in [-0.3, -0.25) is 14.5 Å². The zero-order valence-electron chi connectivity index (χ0n) is 19.7. The molecule has 2 aliphatic heterocycles. The van der Waals surface area contributed by atoms with Gasteiger partial charge in [0.2, 0.25) is 15.9 Å². The maximum atomic E-state index is 13.1. The summed E-state index contributed by atoms with van der Waals surface area (Å²) < 4.78 is 27.6. The van der Waals surface area contributed by atoms with E-state index in [1.165, 1.54) is 9.21 Å². The minimum atomic E-state index is -3.69. The van der Waals surface area contributed by atoms with Crippen LogP contribution in [0.15, 0.2) is 47.4 Å². The molecule has 0 aromatic heterocycles. The van der Waals surface area contributed by atoms with Crippen molar-refractivity contribution >= 4 is 39.5 Å². The Morgan fingerprint density at radius 2 is 1.66 bits per heavy atom. The number of piperazine rings is 1. The van der Waals surface area contributed by atoms with Crippen LogP contribution in [0.3, 0.4) is 0 Å². The Bertz CT molecular complexity index is 1290. The zero-order chi connectivity index (χ0) is 25.5. The highest BCUT2D eigenvalue weighted by Crippen LogP contribution is 2.30. The monoisotopic (exact) mass is 518 g/mol. The van der Waals surface area contributed by atoms with Crippen molar-refractivity contribution in [1.82, 2.24) is 19.4 Å². The molecule has 2 fully saturated rings. The van der Waals surface area contributed by atoms with E-state index in [1.54, 1.807) is 50.2 Å². The number of nitrogens with zero attached hydrogens (tertiary/aromatic N) is 3. The van der Waals surface area contributed by atoms with Gasteiger partial charge < -0.3 is 10.2 Å². The molecule has 2 aromatic rings. The van der Waals surface area contributed by atoms with Crippen LogP contribution >= 0.6 is 11.6 Å². The topological polar surface area (TPSA) is 107 Å². The Morgan fingerprint density at radius 1 is 1.03 bits per heavy atom. The molecule has 4 rings (SSSR count). The molecule has 35 heavy (non-hydrogen) atoms. The van der Waals surface area contributed by atoms with Gasteiger partial charge in [0.25, 0.3) is 5.91 Å². The van der Waals surface area contributed by atoms with Crippen LogP contribution in [0.2, 0.25) is 5.02 Å². The summed E-state index contributed by atoms with van der Waals surface area (Å²) >= 11 is 5.93. The number of benzene rings is 2. The van der Waals surface area contributed by atoms with Gasteiger partial charge in [0.15, 0.2) is 0 Å². The zero-order valence-corrected chi connectivity index (χ0v) is 21.3. The highest BCUT2D eigenvalue weighted by molar-refractivity contribution is 7.89. The fourth-order valence-electron chi connectivity index (χ4n) is 4.46. The van der Waals surface area contributed by atoms with E-state index in [-0.39, 0.29) is 31.1 Å². The van der Waals surface area contributed by atoms with E-state index in [4.69, 9.17) is 11.6 Å². The van der Waals surface area contributed by atoms with Crippen molar-refractivity contribution in [2.24, 2.45) is 0 Å². The third-order valence-electron chi connectivity index (χ3n) is 6.53. The number of imide groups is 1. The number of sulfonamides is 1. The summed E-state index contributed by atoms with van der Waals surface area (Å²) in [5.41, 5.74) is 0.899. The van der Waals surface area contributed by atoms with Crippen LogP contribution in [0.4, 0.5) is 4.79 Å². The predicted molar refractivity (Wildman–Crippen MR) is 130 cm³/mol.